The second kappa shape index (κ2) is 6.19. The number of nitrogens with two attached hydrogens (primary N) is 1. The Bertz CT molecular complexity index is 131. The number of hydrazone groups is 1. The minimum atomic E-state index is -0.337. The van der Waals surface area contributed by atoms with Crippen LogP contribution >= 0.6 is 0 Å². The van der Waals surface area contributed by atoms with Crippen LogP contribution in [0.25, 0.3) is 0 Å². The van der Waals surface area contributed by atoms with Crippen LogP contribution in [-0.4, -0.2) is 25.6 Å². The van der Waals surface area contributed by atoms with E-state index in [0.29, 0.717) is 18.6 Å². The highest BCUT2D eigenvalue weighted by Gasteiger charge is 1.93. The van der Waals surface area contributed by atoms with Gasteiger partial charge in [0, 0.05) is 13.3 Å². The third-order valence-corrected chi connectivity index (χ3v) is 1.01. The maximum Gasteiger partial charge on any atom is 0.0898 e. The molecule has 0 fully saturated rings. The van der Waals surface area contributed by atoms with Crippen molar-refractivity contribution in [2.24, 2.45) is 15.9 Å². The molecule has 0 aliphatic carbocycles. The maximum absolute atomic E-state index is 11.6. The van der Waals surface area contributed by atoms with Gasteiger partial charge < -0.3 is 5.84 Å². The minimum absolute atomic E-state index is 0.337. The average Bonchev–Trinajstić information content (AvgIpc) is 1.98. The molecule has 58 valence electrons. The predicted octanol–water partition coefficient (Wildman–Crippen LogP) is 0.751. The highest BCUT2D eigenvalue weighted by molar-refractivity contribution is 6.30. The molecule has 4 heteroatoms. The molecule has 0 aromatic rings. The van der Waals surface area contributed by atoms with Gasteiger partial charge >= 0.3 is 0 Å². The van der Waals surface area contributed by atoms with E-state index in [9.17, 15) is 4.39 Å². The van der Waals surface area contributed by atoms with Gasteiger partial charge in [0.15, 0.2) is 0 Å². The highest BCUT2D eigenvalue weighted by Crippen LogP contribution is 1.90. The van der Waals surface area contributed by atoms with Gasteiger partial charge in [-0.15, -0.1) is 0 Å². The fourth-order valence-corrected chi connectivity index (χ4v) is 0.559. The summed E-state index contributed by atoms with van der Waals surface area (Å²) >= 11 is 0. The molecule has 0 aromatic heterocycles. The van der Waals surface area contributed by atoms with Gasteiger partial charge in [0.05, 0.1) is 12.4 Å². The molecule has 0 unspecified atom stereocenters. The van der Waals surface area contributed by atoms with Crippen molar-refractivity contribution in [3.8, 4) is 0 Å². The van der Waals surface area contributed by atoms with Gasteiger partial charge in [0.2, 0.25) is 0 Å². The normalized spacial score (nSPS) is 12.8. The van der Waals surface area contributed by atoms with E-state index in [1.807, 2.05) is 0 Å². The van der Waals surface area contributed by atoms with Crippen LogP contribution in [0.3, 0.4) is 0 Å². The van der Waals surface area contributed by atoms with Crippen molar-refractivity contribution in [3.63, 3.8) is 0 Å². The number of aliphatic imine (C=N–C) groups is 1. The first-order valence-electron chi connectivity index (χ1n) is 3.10. The van der Waals surface area contributed by atoms with E-state index < -0.39 is 0 Å². The van der Waals surface area contributed by atoms with Crippen LogP contribution < -0.4 is 5.84 Å². The lowest BCUT2D eigenvalue weighted by atomic mass is 10.2. The van der Waals surface area contributed by atoms with E-state index in [4.69, 9.17) is 5.84 Å². The van der Waals surface area contributed by atoms with Gasteiger partial charge in [-0.05, 0) is 12.8 Å². The van der Waals surface area contributed by atoms with Gasteiger partial charge in [-0.2, -0.15) is 5.10 Å². The molecule has 0 amide bonds. The Hall–Kier alpha value is -0.930. The van der Waals surface area contributed by atoms with Crippen LogP contribution in [0, 0.1) is 0 Å². The van der Waals surface area contributed by atoms with E-state index in [1.54, 1.807) is 7.05 Å². The van der Waals surface area contributed by atoms with Gasteiger partial charge in [0.25, 0.3) is 0 Å². The first-order valence-corrected chi connectivity index (χ1v) is 3.10. The topological polar surface area (TPSA) is 50.7 Å². The van der Waals surface area contributed by atoms with Crippen LogP contribution in [0.2, 0.25) is 0 Å². The van der Waals surface area contributed by atoms with Gasteiger partial charge in [-0.25, -0.2) is 0 Å². The van der Waals surface area contributed by atoms with Crippen molar-refractivity contribution >= 4 is 11.9 Å². The van der Waals surface area contributed by atoms with Gasteiger partial charge in [-0.3, -0.25) is 9.38 Å². The summed E-state index contributed by atoms with van der Waals surface area (Å²) in [7, 11) is 1.63. The van der Waals surface area contributed by atoms with E-state index in [0.717, 1.165) is 0 Å². The molecule has 0 heterocycles. The smallest absolute Gasteiger partial charge is 0.0898 e. The van der Waals surface area contributed by atoms with Gasteiger partial charge in [-0.1, -0.05) is 0 Å². The summed E-state index contributed by atoms with van der Waals surface area (Å²) in [6, 6.07) is 0. The minimum Gasteiger partial charge on any atom is -0.323 e. The molecule has 3 nitrogen and oxygen atoms in total. The van der Waals surface area contributed by atoms with Crippen LogP contribution in [-0.2, 0) is 0 Å². The molecule has 0 aliphatic heterocycles. The number of alkyl halides is 1. The summed E-state index contributed by atoms with van der Waals surface area (Å²) in [5.41, 5.74) is 0.639. The number of halogens is 1. The number of nitrogens with zero attached hydrogens (tertiary/aromatic N) is 2. The molecule has 0 spiro atoms. The van der Waals surface area contributed by atoms with Crippen molar-refractivity contribution in [2.75, 3.05) is 13.7 Å². The van der Waals surface area contributed by atoms with E-state index >= 15 is 0 Å². The lowest BCUT2D eigenvalue weighted by Gasteiger charge is -1.93. The second-order valence-corrected chi connectivity index (χ2v) is 1.80. The maximum atomic E-state index is 11.6. The number of rotatable bonds is 4. The van der Waals surface area contributed by atoms with Crippen LogP contribution in [0.4, 0.5) is 4.39 Å². The average molecular weight is 145 g/mol. The summed E-state index contributed by atoms with van der Waals surface area (Å²) in [6.45, 7) is -0.337. The molecular formula is C6H12FN3. The second-order valence-electron chi connectivity index (χ2n) is 1.80. The summed E-state index contributed by atoms with van der Waals surface area (Å²) in [5.74, 6) is 4.97. The predicted molar refractivity (Wildman–Crippen MR) is 41.2 cm³/mol. The van der Waals surface area contributed by atoms with Gasteiger partial charge in [0.1, 0.15) is 0 Å². The van der Waals surface area contributed by atoms with Crippen molar-refractivity contribution in [1.82, 2.24) is 0 Å². The van der Waals surface area contributed by atoms with Crippen molar-refractivity contribution in [3.05, 3.63) is 0 Å². The molecule has 0 aliphatic rings. The molecule has 0 radical (unpaired) electrons. The Labute approximate surface area is 59.8 Å². The fraction of sp³-hybridized carbons (Fsp3) is 0.667. The van der Waals surface area contributed by atoms with Crippen LogP contribution in [0.1, 0.15) is 12.8 Å². The van der Waals surface area contributed by atoms with Crippen LogP contribution in [0.15, 0.2) is 10.1 Å². The molecule has 0 saturated carbocycles. The largest absolute Gasteiger partial charge is 0.323 e. The molecule has 0 aromatic carbocycles. The van der Waals surface area contributed by atoms with Crippen molar-refractivity contribution in [1.29, 1.82) is 0 Å². The summed E-state index contributed by atoms with van der Waals surface area (Å²) in [4.78, 5) is 3.70. The molecular weight excluding hydrogens is 133 g/mol. The zero-order valence-corrected chi connectivity index (χ0v) is 6.05. The number of hydrogen-bond donors (Lipinski definition) is 1. The Morgan fingerprint density at radius 2 is 2.40 bits per heavy atom. The Morgan fingerprint density at radius 3 is 2.80 bits per heavy atom. The SMILES string of the molecule is CN=CC(CCCF)=NN. The Kier molecular flexibility index (Phi) is 5.62. The molecule has 0 bridgehead atoms. The first kappa shape index (κ1) is 9.07. The fourth-order valence-electron chi connectivity index (χ4n) is 0.559. The van der Waals surface area contributed by atoms with E-state index in [2.05, 4.69) is 10.1 Å². The zero-order valence-electron chi connectivity index (χ0n) is 6.05. The lowest BCUT2D eigenvalue weighted by Crippen LogP contribution is -2.03. The van der Waals surface area contributed by atoms with Crippen molar-refractivity contribution in [2.45, 2.75) is 12.8 Å². The quantitative estimate of drug-likeness (QED) is 0.354. The third kappa shape index (κ3) is 4.00. The highest BCUT2D eigenvalue weighted by atomic mass is 19.1. The lowest BCUT2D eigenvalue weighted by molar-refractivity contribution is 0.479. The molecule has 0 rings (SSSR count). The summed E-state index contributed by atoms with van der Waals surface area (Å²) in [5, 5.41) is 3.42. The van der Waals surface area contributed by atoms with Crippen molar-refractivity contribution < 1.29 is 4.39 Å². The molecule has 2 N–H and O–H groups in total. The van der Waals surface area contributed by atoms with Crippen LogP contribution in [0.5, 0.6) is 0 Å². The van der Waals surface area contributed by atoms with E-state index in [-0.39, 0.29) is 6.67 Å². The third-order valence-electron chi connectivity index (χ3n) is 1.01. The molecule has 0 saturated heterocycles. The molecule has 0 atom stereocenters. The Morgan fingerprint density at radius 1 is 1.70 bits per heavy atom. The molecule has 10 heavy (non-hydrogen) atoms. The Balaban J connectivity index is 3.62. The van der Waals surface area contributed by atoms with E-state index in [1.165, 1.54) is 6.21 Å². The standard InChI is InChI=1S/C6H12FN3/c1-9-5-6(10-8)3-2-4-7/h5H,2-4,8H2,1H3. The summed E-state index contributed by atoms with van der Waals surface area (Å²) in [6.07, 6.45) is 2.56. The monoisotopic (exact) mass is 145 g/mol. The first-order chi connectivity index (χ1) is 4.85. The zero-order chi connectivity index (χ0) is 7.82. The number of hydrogen-bond acceptors (Lipinski definition) is 3. The summed E-state index contributed by atoms with van der Waals surface area (Å²) < 4.78 is 11.6.